The zero-order valence-electron chi connectivity index (χ0n) is 9.51. The molecule has 0 unspecified atom stereocenters. The summed E-state index contributed by atoms with van der Waals surface area (Å²) in [6.07, 6.45) is 2.11. The van der Waals surface area contributed by atoms with E-state index in [9.17, 15) is 4.79 Å². The van der Waals surface area contributed by atoms with Crippen molar-refractivity contribution in [3.05, 3.63) is 11.6 Å². The van der Waals surface area contributed by atoms with Crippen LogP contribution in [-0.2, 0) is 14.3 Å². The van der Waals surface area contributed by atoms with E-state index in [0.29, 0.717) is 19.6 Å². The number of anilines is 1. The molecule has 16 heavy (non-hydrogen) atoms. The Morgan fingerprint density at radius 2 is 2.31 bits per heavy atom. The van der Waals surface area contributed by atoms with Crippen LogP contribution in [0.3, 0.4) is 0 Å². The van der Waals surface area contributed by atoms with Crippen molar-refractivity contribution in [1.82, 2.24) is 4.98 Å². The van der Waals surface area contributed by atoms with E-state index in [-0.39, 0.29) is 5.97 Å². The molecule has 0 aliphatic heterocycles. The third kappa shape index (κ3) is 4.16. The maximum Gasteiger partial charge on any atom is 0.307 e. The number of carbonyl (C=O) groups excluding carboxylic acids is 1. The predicted molar refractivity (Wildman–Crippen MR) is 62.8 cm³/mol. The molecule has 0 aliphatic carbocycles. The van der Waals surface area contributed by atoms with Crippen molar-refractivity contribution in [2.45, 2.75) is 6.42 Å². The van der Waals surface area contributed by atoms with Crippen molar-refractivity contribution < 1.29 is 14.3 Å². The molecule has 5 nitrogen and oxygen atoms in total. The summed E-state index contributed by atoms with van der Waals surface area (Å²) < 4.78 is 9.63. The first-order valence-corrected chi connectivity index (χ1v) is 5.86. The Labute approximate surface area is 99.0 Å². The fraction of sp³-hybridized carbons (Fsp3) is 0.600. The predicted octanol–water partition coefficient (Wildman–Crippen LogP) is 1.16. The summed E-state index contributed by atoms with van der Waals surface area (Å²) in [6.45, 7) is 1.94. The highest BCUT2D eigenvalue weighted by Crippen LogP contribution is 2.17. The van der Waals surface area contributed by atoms with Gasteiger partial charge in [-0.3, -0.25) is 4.79 Å². The molecule has 1 aromatic heterocycles. The molecular weight excluding hydrogens is 228 g/mol. The highest BCUT2D eigenvalue weighted by Gasteiger charge is 2.11. The van der Waals surface area contributed by atoms with Crippen LogP contribution in [0.2, 0.25) is 0 Å². The van der Waals surface area contributed by atoms with Crippen LogP contribution in [0, 0.1) is 0 Å². The van der Waals surface area contributed by atoms with Crippen molar-refractivity contribution in [3.63, 3.8) is 0 Å². The van der Waals surface area contributed by atoms with E-state index in [2.05, 4.69) is 9.72 Å². The lowest BCUT2D eigenvalue weighted by Crippen LogP contribution is -2.29. The van der Waals surface area contributed by atoms with E-state index >= 15 is 0 Å². The summed E-state index contributed by atoms with van der Waals surface area (Å²) in [5, 5.41) is 2.81. The van der Waals surface area contributed by atoms with Gasteiger partial charge in [0.05, 0.1) is 20.1 Å². The molecular formula is C10H16N2O3S. The third-order valence-corrected chi connectivity index (χ3v) is 2.90. The second-order valence-electron chi connectivity index (χ2n) is 3.12. The molecule has 1 heterocycles. The number of ether oxygens (including phenoxy) is 2. The lowest BCUT2D eigenvalue weighted by molar-refractivity contribution is -0.140. The number of hydrogen-bond donors (Lipinski definition) is 0. The fourth-order valence-corrected chi connectivity index (χ4v) is 1.90. The van der Waals surface area contributed by atoms with E-state index in [1.807, 2.05) is 10.3 Å². The van der Waals surface area contributed by atoms with Gasteiger partial charge in [0.25, 0.3) is 0 Å². The minimum Gasteiger partial charge on any atom is -0.469 e. The highest BCUT2D eigenvalue weighted by atomic mass is 32.1. The standard InChI is InChI=1S/C10H16N2O3S/c1-14-7-6-12(5-3-9(13)15-2)10-11-4-8-16-10/h4,8H,3,5-7H2,1-2H3. The second-order valence-corrected chi connectivity index (χ2v) is 3.99. The van der Waals surface area contributed by atoms with Gasteiger partial charge < -0.3 is 14.4 Å². The average Bonchev–Trinajstić information content (AvgIpc) is 2.82. The van der Waals surface area contributed by atoms with Crippen LogP contribution >= 0.6 is 11.3 Å². The van der Waals surface area contributed by atoms with Gasteiger partial charge in [-0.05, 0) is 0 Å². The molecule has 0 N–H and O–H groups in total. The molecule has 1 aromatic rings. The Bertz CT molecular complexity index is 303. The summed E-state index contributed by atoms with van der Waals surface area (Å²) in [6, 6.07) is 0. The summed E-state index contributed by atoms with van der Waals surface area (Å²) in [4.78, 5) is 17.3. The van der Waals surface area contributed by atoms with Gasteiger partial charge in [0, 0.05) is 31.8 Å². The van der Waals surface area contributed by atoms with Gasteiger partial charge in [-0.25, -0.2) is 4.98 Å². The van der Waals surface area contributed by atoms with Crippen LogP contribution in [0.15, 0.2) is 11.6 Å². The molecule has 0 aromatic carbocycles. The SMILES string of the molecule is COCCN(CCC(=O)OC)c1nccs1. The van der Waals surface area contributed by atoms with E-state index in [4.69, 9.17) is 4.74 Å². The van der Waals surface area contributed by atoms with Crippen molar-refractivity contribution in [2.75, 3.05) is 38.8 Å². The topological polar surface area (TPSA) is 51.7 Å². The molecule has 0 saturated carbocycles. The fourth-order valence-electron chi connectivity index (χ4n) is 1.20. The zero-order valence-corrected chi connectivity index (χ0v) is 10.3. The first-order valence-electron chi connectivity index (χ1n) is 4.98. The van der Waals surface area contributed by atoms with Gasteiger partial charge >= 0.3 is 5.97 Å². The number of aromatic nitrogens is 1. The van der Waals surface area contributed by atoms with Gasteiger partial charge in [0.2, 0.25) is 0 Å². The highest BCUT2D eigenvalue weighted by molar-refractivity contribution is 7.13. The molecule has 0 atom stereocenters. The summed E-state index contributed by atoms with van der Waals surface area (Å²) in [5.41, 5.74) is 0. The van der Waals surface area contributed by atoms with Crippen LogP contribution in [0.25, 0.3) is 0 Å². The average molecular weight is 244 g/mol. The number of carbonyl (C=O) groups is 1. The Kier molecular flexibility index (Phi) is 5.81. The molecule has 0 fully saturated rings. The molecule has 0 saturated heterocycles. The molecule has 0 amide bonds. The van der Waals surface area contributed by atoms with Gasteiger partial charge in [-0.1, -0.05) is 0 Å². The molecule has 0 bridgehead atoms. The maximum atomic E-state index is 11.1. The van der Waals surface area contributed by atoms with Crippen LogP contribution in [-0.4, -0.2) is 44.9 Å². The van der Waals surface area contributed by atoms with Crippen LogP contribution in [0.5, 0.6) is 0 Å². The largest absolute Gasteiger partial charge is 0.469 e. The van der Waals surface area contributed by atoms with Gasteiger partial charge in [-0.15, -0.1) is 11.3 Å². The Morgan fingerprint density at radius 3 is 2.88 bits per heavy atom. The normalized spacial score (nSPS) is 10.1. The van der Waals surface area contributed by atoms with Crippen molar-refractivity contribution in [3.8, 4) is 0 Å². The summed E-state index contributed by atoms with van der Waals surface area (Å²) in [7, 11) is 3.05. The third-order valence-electron chi connectivity index (χ3n) is 2.07. The second kappa shape index (κ2) is 7.19. The smallest absolute Gasteiger partial charge is 0.307 e. The molecule has 90 valence electrons. The van der Waals surface area contributed by atoms with E-state index in [1.165, 1.54) is 7.11 Å². The van der Waals surface area contributed by atoms with Crippen molar-refractivity contribution in [2.24, 2.45) is 0 Å². The van der Waals surface area contributed by atoms with Gasteiger partial charge in [-0.2, -0.15) is 0 Å². The van der Waals surface area contributed by atoms with Gasteiger partial charge in [0.1, 0.15) is 0 Å². The maximum absolute atomic E-state index is 11.1. The van der Waals surface area contributed by atoms with Crippen LogP contribution in [0.1, 0.15) is 6.42 Å². The Balaban J connectivity index is 2.47. The first kappa shape index (κ1) is 12.9. The molecule has 6 heteroatoms. The van der Waals surface area contributed by atoms with Crippen LogP contribution < -0.4 is 4.90 Å². The molecule has 0 radical (unpaired) electrons. The monoisotopic (exact) mass is 244 g/mol. The number of thiazole rings is 1. The first-order chi connectivity index (χ1) is 7.77. The Hall–Kier alpha value is -1.14. The lowest BCUT2D eigenvalue weighted by atomic mass is 10.4. The minimum atomic E-state index is -0.209. The summed E-state index contributed by atoms with van der Waals surface area (Å²) in [5.74, 6) is -0.209. The number of hydrogen-bond acceptors (Lipinski definition) is 6. The number of rotatable bonds is 7. The molecule has 0 aliphatic rings. The van der Waals surface area contributed by atoms with Gasteiger partial charge in [0.15, 0.2) is 5.13 Å². The van der Waals surface area contributed by atoms with Crippen molar-refractivity contribution >= 4 is 22.4 Å². The van der Waals surface area contributed by atoms with Crippen molar-refractivity contribution in [1.29, 1.82) is 0 Å². The van der Waals surface area contributed by atoms with Crippen LogP contribution in [0.4, 0.5) is 5.13 Å². The Morgan fingerprint density at radius 1 is 1.50 bits per heavy atom. The minimum absolute atomic E-state index is 0.209. The molecule has 1 rings (SSSR count). The molecule has 0 spiro atoms. The lowest BCUT2D eigenvalue weighted by Gasteiger charge is -2.20. The zero-order chi connectivity index (χ0) is 11.8. The number of methoxy groups -OCH3 is 2. The quantitative estimate of drug-likeness (QED) is 0.674. The van der Waals surface area contributed by atoms with E-state index in [0.717, 1.165) is 11.7 Å². The van der Waals surface area contributed by atoms with E-state index in [1.54, 1.807) is 24.6 Å². The van der Waals surface area contributed by atoms with E-state index < -0.39 is 0 Å². The number of nitrogens with zero attached hydrogens (tertiary/aromatic N) is 2. The summed E-state index contributed by atoms with van der Waals surface area (Å²) >= 11 is 1.55. The number of esters is 1.